The number of aryl methyl sites for hydroxylation is 1. The first-order chi connectivity index (χ1) is 10.1. The molecule has 0 heterocycles. The van der Waals surface area contributed by atoms with Crippen molar-refractivity contribution in [2.45, 2.75) is 26.3 Å². The second-order valence-corrected chi connectivity index (χ2v) is 4.97. The summed E-state index contributed by atoms with van der Waals surface area (Å²) in [6, 6.07) is 12.7. The molecule has 2 rings (SSSR count). The number of phenols is 1. The molecule has 110 valence electrons. The molecule has 0 aliphatic rings. The summed E-state index contributed by atoms with van der Waals surface area (Å²) in [6.07, 6.45) is 1.76. The van der Waals surface area contributed by atoms with Crippen LogP contribution in [0.3, 0.4) is 0 Å². The van der Waals surface area contributed by atoms with E-state index in [1.54, 1.807) is 18.2 Å². The maximum Gasteiger partial charge on any atom is 0.248 e. The van der Waals surface area contributed by atoms with Gasteiger partial charge in [0.2, 0.25) is 5.91 Å². The molecule has 0 fully saturated rings. The highest BCUT2D eigenvalue weighted by Crippen LogP contribution is 2.20. The second-order valence-electron chi connectivity index (χ2n) is 4.97. The summed E-state index contributed by atoms with van der Waals surface area (Å²) in [7, 11) is 0. The number of benzene rings is 2. The van der Waals surface area contributed by atoms with Crippen molar-refractivity contribution in [1.82, 2.24) is 0 Å². The molecule has 1 amide bonds. The van der Waals surface area contributed by atoms with Crippen LogP contribution in [-0.2, 0) is 13.0 Å². The number of nitrogens with one attached hydrogen (secondary N) is 1. The molecule has 4 nitrogen and oxygen atoms in total. The highest BCUT2D eigenvalue weighted by atomic mass is 16.3. The van der Waals surface area contributed by atoms with Crippen molar-refractivity contribution in [1.29, 1.82) is 0 Å². The van der Waals surface area contributed by atoms with Gasteiger partial charge in [-0.1, -0.05) is 31.5 Å². The van der Waals surface area contributed by atoms with Crippen molar-refractivity contribution in [2.75, 3.05) is 5.32 Å². The molecule has 0 aliphatic carbocycles. The number of hydrogen-bond acceptors (Lipinski definition) is 3. The number of primary amides is 1. The lowest BCUT2D eigenvalue weighted by molar-refractivity contribution is 0.0999. The molecule has 4 N–H and O–H groups in total. The largest absolute Gasteiger partial charge is 0.508 e. The second kappa shape index (κ2) is 6.79. The van der Waals surface area contributed by atoms with Gasteiger partial charge in [0.1, 0.15) is 5.75 Å². The lowest BCUT2D eigenvalue weighted by Gasteiger charge is -2.12. The normalized spacial score (nSPS) is 10.3. The van der Waals surface area contributed by atoms with E-state index in [-0.39, 0.29) is 5.75 Å². The summed E-state index contributed by atoms with van der Waals surface area (Å²) in [5.41, 5.74) is 8.65. The molecule has 0 radical (unpaired) electrons. The van der Waals surface area contributed by atoms with E-state index in [4.69, 9.17) is 5.73 Å². The van der Waals surface area contributed by atoms with Crippen molar-refractivity contribution in [3.63, 3.8) is 0 Å². The number of hydrogen-bond donors (Lipinski definition) is 3. The van der Waals surface area contributed by atoms with Crippen LogP contribution in [0, 0.1) is 0 Å². The number of carbonyl (C=O) groups is 1. The standard InChI is InChI=1S/C17H20N2O2/c1-2-5-12-10-14(8-9-15(12)17(18)21)19-11-13-6-3-4-7-16(13)20/h3-4,6-10,19-20H,2,5,11H2,1H3,(H2,18,21). The summed E-state index contributed by atoms with van der Waals surface area (Å²) >= 11 is 0. The van der Waals surface area contributed by atoms with Crippen LogP contribution in [0.5, 0.6) is 5.75 Å². The van der Waals surface area contributed by atoms with Crippen LogP contribution in [0.25, 0.3) is 0 Å². The molecular weight excluding hydrogens is 264 g/mol. The Balaban J connectivity index is 2.15. The molecule has 0 atom stereocenters. The molecule has 0 aromatic heterocycles. The maximum absolute atomic E-state index is 11.4. The van der Waals surface area contributed by atoms with Crippen molar-refractivity contribution < 1.29 is 9.90 Å². The van der Waals surface area contributed by atoms with E-state index >= 15 is 0 Å². The SMILES string of the molecule is CCCc1cc(NCc2ccccc2O)ccc1C(N)=O. The Bertz CT molecular complexity index is 638. The maximum atomic E-state index is 11.4. The molecule has 0 spiro atoms. The summed E-state index contributed by atoms with van der Waals surface area (Å²) in [5.74, 6) is -0.127. The summed E-state index contributed by atoms with van der Waals surface area (Å²) in [5, 5.41) is 13.0. The van der Waals surface area contributed by atoms with Crippen LogP contribution in [0.2, 0.25) is 0 Å². The zero-order valence-corrected chi connectivity index (χ0v) is 12.1. The summed E-state index contributed by atoms with van der Waals surface area (Å²) in [6.45, 7) is 2.58. The molecule has 0 saturated carbocycles. The number of aromatic hydroxyl groups is 1. The van der Waals surface area contributed by atoms with Crippen LogP contribution in [-0.4, -0.2) is 11.0 Å². The first kappa shape index (κ1) is 14.9. The zero-order valence-electron chi connectivity index (χ0n) is 12.1. The van der Waals surface area contributed by atoms with Crippen molar-refractivity contribution in [3.05, 3.63) is 59.2 Å². The van der Waals surface area contributed by atoms with E-state index in [1.807, 2.05) is 24.3 Å². The number of anilines is 1. The molecule has 0 bridgehead atoms. The Morgan fingerprint density at radius 3 is 2.62 bits per heavy atom. The highest BCUT2D eigenvalue weighted by molar-refractivity contribution is 5.94. The lowest BCUT2D eigenvalue weighted by atomic mass is 10.0. The monoisotopic (exact) mass is 284 g/mol. The van der Waals surface area contributed by atoms with Gasteiger partial charge in [0.05, 0.1) is 0 Å². The number of rotatable bonds is 6. The first-order valence-corrected chi connectivity index (χ1v) is 7.05. The third-order valence-electron chi connectivity index (χ3n) is 3.36. The molecule has 21 heavy (non-hydrogen) atoms. The fraction of sp³-hybridized carbons (Fsp3) is 0.235. The summed E-state index contributed by atoms with van der Waals surface area (Å²) in [4.78, 5) is 11.4. The Morgan fingerprint density at radius 1 is 1.19 bits per heavy atom. The average Bonchev–Trinajstić information content (AvgIpc) is 2.46. The van der Waals surface area contributed by atoms with E-state index < -0.39 is 5.91 Å². The minimum absolute atomic E-state index is 0.271. The number of carbonyl (C=O) groups excluding carboxylic acids is 1. The fourth-order valence-corrected chi connectivity index (χ4v) is 2.28. The van der Waals surface area contributed by atoms with Gasteiger partial charge in [0.25, 0.3) is 0 Å². The van der Waals surface area contributed by atoms with E-state index in [0.717, 1.165) is 29.7 Å². The van der Waals surface area contributed by atoms with Crippen LogP contribution < -0.4 is 11.1 Å². The van der Waals surface area contributed by atoms with Gasteiger partial charge in [-0.25, -0.2) is 0 Å². The van der Waals surface area contributed by atoms with Crippen molar-refractivity contribution in [2.24, 2.45) is 5.73 Å². The molecule has 0 saturated heterocycles. The first-order valence-electron chi connectivity index (χ1n) is 7.05. The minimum atomic E-state index is -0.397. The predicted molar refractivity (Wildman–Crippen MR) is 84.4 cm³/mol. The fourth-order valence-electron chi connectivity index (χ4n) is 2.28. The predicted octanol–water partition coefficient (Wildman–Crippen LogP) is 3.06. The Hall–Kier alpha value is -2.49. The highest BCUT2D eigenvalue weighted by Gasteiger charge is 2.08. The summed E-state index contributed by atoms with van der Waals surface area (Å²) < 4.78 is 0. The van der Waals surface area contributed by atoms with Gasteiger partial charge in [-0.3, -0.25) is 4.79 Å². The van der Waals surface area contributed by atoms with Gasteiger partial charge in [-0.2, -0.15) is 0 Å². The zero-order chi connectivity index (χ0) is 15.2. The topological polar surface area (TPSA) is 75.3 Å². The van der Waals surface area contributed by atoms with Crippen LogP contribution in [0.4, 0.5) is 5.69 Å². The van der Waals surface area contributed by atoms with Gasteiger partial charge in [0.15, 0.2) is 0 Å². The quantitative estimate of drug-likeness (QED) is 0.763. The van der Waals surface area contributed by atoms with E-state index in [0.29, 0.717) is 12.1 Å². The van der Waals surface area contributed by atoms with E-state index in [1.165, 1.54) is 0 Å². The van der Waals surface area contributed by atoms with Gasteiger partial charge in [0, 0.05) is 23.4 Å². The average molecular weight is 284 g/mol. The van der Waals surface area contributed by atoms with Gasteiger partial charge >= 0.3 is 0 Å². The number of nitrogens with two attached hydrogens (primary N) is 1. The van der Waals surface area contributed by atoms with Gasteiger partial charge in [-0.05, 0) is 36.2 Å². The molecule has 4 heteroatoms. The van der Waals surface area contributed by atoms with Crippen LogP contribution in [0.1, 0.15) is 34.8 Å². The molecule has 2 aromatic carbocycles. The number of para-hydroxylation sites is 1. The Kier molecular flexibility index (Phi) is 4.82. The molecule has 0 unspecified atom stereocenters. The van der Waals surface area contributed by atoms with Crippen LogP contribution >= 0.6 is 0 Å². The van der Waals surface area contributed by atoms with Crippen molar-refractivity contribution >= 4 is 11.6 Å². The van der Waals surface area contributed by atoms with Gasteiger partial charge in [-0.15, -0.1) is 0 Å². The number of phenolic OH excluding ortho intramolecular Hbond substituents is 1. The van der Waals surface area contributed by atoms with Gasteiger partial charge < -0.3 is 16.2 Å². The molecule has 0 aliphatic heterocycles. The van der Waals surface area contributed by atoms with E-state index in [9.17, 15) is 9.90 Å². The lowest BCUT2D eigenvalue weighted by Crippen LogP contribution is -2.14. The molecular formula is C17H20N2O2. The minimum Gasteiger partial charge on any atom is -0.508 e. The van der Waals surface area contributed by atoms with E-state index in [2.05, 4.69) is 12.2 Å². The van der Waals surface area contributed by atoms with Crippen molar-refractivity contribution in [3.8, 4) is 5.75 Å². The third-order valence-corrected chi connectivity index (χ3v) is 3.36. The number of amides is 1. The molecule has 2 aromatic rings. The smallest absolute Gasteiger partial charge is 0.248 e. The Morgan fingerprint density at radius 2 is 1.95 bits per heavy atom. The van der Waals surface area contributed by atoms with Crippen LogP contribution in [0.15, 0.2) is 42.5 Å². The Labute approximate surface area is 124 Å². The third kappa shape index (κ3) is 3.75.